The van der Waals surface area contributed by atoms with Gasteiger partial charge in [0.1, 0.15) is 0 Å². The van der Waals surface area contributed by atoms with E-state index >= 15 is 0 Å². The monoisotopic (exact) mass is 354 g/mol. The van der Waals surface area contributed by atoms with Gasteiger partial charge in [-0.3, -0.25) is 0 Å². The van der Waals surface area contributed by atoms with Crippen molar-refractivity contribution in [1.82, 2.24) is 10.1 Å². The van der Waals surface area contributed by atoms with Crippen LogP contribution in [0.5, 0.6) is 0 Å². The summed E-state index contributed by atoms with van der Waals surface area (Å²) in [5.41, 5.74) is 6.87. The molecule has 3 nitrogen and oxygen atoms in total. The first kappa shape index (κ1) is 17.2. The van der Waals surface area contributed by atoms with Crippen LogP contribution in [0.4, 0.5) is 0 Å². The van der Waals surface area contributed by atoms with Crippen molar-refractivity contribution in [3.05, 3.63) is 83.9 Å². The molecule has 0 bridgehead atoms. The Labute approximate surface area is 159 Å². The number of aryl methyl sites for hydroxylation is 2. The van der Waals surface area contributed by atoms with E-state index in [-0.39, 0.29) is 0 Å². The molecule has 0 saturated carbocycles. The van der Waals surface area contributed by atoms with Gasteiger partial charge in [-0.05, 0) is 42.2 Å². The molecular formula is C24H22N2O. The SMILES string of the molecule is CCCc1ccc(-c2ccc(-c3noc(-c4ccc(C)cc4)n3)cc2)cc1. The lowest BCUT2D eigenvalue weighted by molar-refractivity contribution is 0.432. The summed E-state index contributed by atoms with van der Waals surface area (Å²) in [5.74, 6) is 1.15. The van der Waals surface area contributed by atoms with Gasteiger partial charge in [-0.15, -0.1) is 0 Å². The molecule has 4 rings (SSSR count). The summed E-state index contributed by atoms with van der Waals surface area (Å²) in [5, 5.41) is 4.13. The normalized spacial score (nSPS) is 10.9. The van der Waals surface area contributed by atoms with Gasteiger partial charge in [-0.25, -0.2) is 0 Å². The second-order valence-corrected chi connectivity index (χ2v) is 6.81. The number of hydrogen-bond acceptors (Lipinski definition) is 3. The van der Waals surface area contributed by atoms with Crippen LogP contribution in [0.1, 0.15) is 24.5 Å². The Balaban J connectivity index is 1.54. The maximum absolute atomic E-state index is 5.43. The quantitative estimate of drug-likeness (QED) is 0.420. The molecule has 0 unspecified atom stereocenters. The fourth-order valence-corrected chi connectivity index (χ4v) is 3.12. The fourth-order valence-electron chi connectivity index (χ4n) is 3.12. The van der Waals surface area contributed by atoms with E-state index in [1.807, 2.05) is 36.4 Å². The van der Waals surface area contributed by atoms with Gasteiger partial charge in [0.15, 0.2) is 0 Å². The maximum atomic E-state index is 5.43. The number of aromatic nitrogens is 2. The van der Waals surface area contributed by atoms with Crippen molar-refractivity contribution in [3.63, 3.8) is 0 Å². The first-order valence-corrected chi connectivity index (χ1v) is 9.33. The molecule has 3 heteroatoms. The molecule has 0 amide bonds. The number of benzene rings is 3. The van der Waals surface area contributed by atoms with E-state index in [0.29, 0.717) is 11.7 Å². The van der Waals surface area contributed by atoms with E-state index in [9.17, 15) is 0 Å². The van der Waals surface area contributed by atoms with Crippen molar-refractivity contribution in [2.75, 3.05) is 0 Å². The number of hydrogen-bond donors (Lipinski definition) is 0. The highest BCUT2D eigenvalue weighted by atomic mass is 16.5. The van der Waals surface area contributed by atoms with E-state index in [1.54, 1.807) is 0 Å². The van der Waals surface area contributed by atoms with Gasteiger partial charge in [-0.2, -0.15) is 4.98 Å². The van der Waals surface area contributed by atoms with Crippen molar-refractivity contribution in [2.24, 2.45) is 0 Å². The van der Waals surface area contributed by atoms with Crippen LogP contribution in [-0.2, 0) is 6.42 Å². The topological polar surface area (TPSA) is 38.9 Å². The zero-order valence-electron chi connectivity index (χ0n) is 15.6. The average molecular weight is 354 g/mol. The highest BCUT2D eigenvalue weighted by Crippen LogP contribution is 2.26. The van der Waals surface area contributed by atoms with Crippen LogP contribution < -0.4 is 0 Å². The van der Waals surface area contributed by atoms with Crippen molar-refractivity contribution >= 4 is 0 Å². The van der Waals surface area contributed by atoms with Crippen LogP contribution in [0.2, 0.25) is 0 Å². The fraction of sp³-hybridized carbons (Fsp3) is 0.167. The third-order valence-electron chi connectivity index (χ3n) is 4.69. The van der Waals surface area contributed by atoms with Gasteiger partial charge in [0.25, 0.3) is 5.89 Å². The molecule has 0 N–H and O–H groups in total. The van der Waals surface area contributed by atoms with E-state index < -0.39 is 0 Å². The Morgan fingerprint density at radius 2 is 1.26 bits per heavy atom. The van der Waals surface area contributed by atoms with Crippen LogP contribution in [0, 0.1) is 6.92 Å². The first-order valence-electron chi connectivity index (χ1n) is 9.33. The lowest BCUT2D eigenvalue weighted by atomic mass is 10.0. The molecule has 0 aliphatic rings. The lowest BCUT2D eigenvalue weighted by Gasteiger charge is -2.04. The molecule has 0 aliphatic heterocycles. The molecule has 1 aromatic heterocycles. The van der Waals surface area contributed by atoms with Crippen molar-refractivity contribution in [2.45, 2.75) is 26.7 Å². The summed E-state index contributed by atoms with van der Waals surface area (Å²) in [6.45, 7) is 4.26. The minimum Gasteiger partial charge on any atom is -0.334 e. The molecule has 0 saturated heterocycles. The van der Waals surface area contributed by atoms with E-state index in [2.05, 4.69) is 60.4 Å². The predicted molar refractivity (Wildman–Crippen MR) is 109 cm³/mol. The van der Waals surface area contributed by atoms with Crippen LogP contribution >= 0.6 is 0 Å². The second kappa shape index (κ2) is 7.58. The molecular weight excluding hydrogens is 332 g/mol. The minimum absolute atomic E-state index is 0.542. The summed E-state index contributed by atoms with van der Waals surface area (Å²) in [4.78, 5) is 4.54. The van der Waals surface area contributed by atoms with E-state index in [0.717, 1.165) is 17.5 Å². The van der Waals surface area contributed by atoms with Gasteiger partial charge < -0.3 is 4.52 Å². The van der Waals surface area contributed by atoms with Crippen molar-refractivity contribution in [1.29, 1.82) is 0 Å². The molecule has 3 aromatic carbocycles. The molecule has 134 valence electrons. The number of rotatable bonds is 5. The Morgan fingerprint density at radius 3 is 1.89 bits per heavy atom. The Bertz CT molecular complexity index is 1010. The zero-order chi connectivity index (χ0) is 18.6. The summed E-state index contributed by atoms with van der Waals surface area (Å²) < 4.78 is 5.43. The summed E-state index contributed by atoms with van der Waals surface area (Å²) in [7, 11) is 0. The molecule has 0 aliphatic carbocycles. The molecule has 27 heavy (non-hydrogen) atoms. The molecule has 0 radical (unpaired) electrons. The highest BCUT2D eigenvalue weighted by Gasteiger charge is 2.10. The smallest absolute Gasteiger partial charge is 0.258 e. The van der Waals surface area contributed by atoms with E-state index in [4.69, 9.17) is 4.52 Å². The van der Waals surface area contributed by atoms with E-state index in [1.165, 1.54) is 28.7 Å². The standard InChI is InChI=1S/C24H22N2O/c1-3-4-18-7-11-19(12-8-18)20-13-15-21(16-14-20)23-25-24(27-26-23)22-9-5-17(2)6-10-22/h5-16H,3-4H2,1-2H3. The molecule has 1 heterocycles. The lowest BCUT2D eigenvalue weighted by Crippen LogP contribution is -1.85. The van der Waals surface area contributed by atoms with Crippen LogP contribution in [0.15, 0.2) is 77.3 Å². The zero-order valence-corrected chi connectivity index (χ0v) is 15.6. The van der Waals surface area contributed by atoms with Gasteiger partial charge >= 0.3 is 0 Å². The summed E-state index contributed by atoms with van der Waals surface area (Å²) >= 11 is 0. The first-order chi connectivity index (χ1) is 13.2. The second-order valence-electron chi connectivity index (χ2n) is 6.81. The largest absolute Gasteiger partial charge is 0.334 e. The third-order valence-corrected chi connectivity index (χ3v) is 4.69. The number of nitrogens with zero attached hydrogens (tertiary/aromatic N) is 2. The maximum Gasteiger partial charge on any atom is 0.258 e. The van der Waals surface area contributed by atoms with Crippen LogP contribution in [0.3, 0.4) is 0 Å². The molecule has 4 aromatic rings. The summed E-state index contributed by atoms with van der Waals surface area (Å²) in [6.07, 6.45) is 2.30. The van der Waals surface area contributed by atoms with Crippen LogP contribution in [-0.4, -0.2) is 10.1 Å². The van der Waals surface area contributed by atoms with Gasteiger partial charge in [0, 0.05) is 11.1 Å². The molecule has 0 fully saturated rings. The van der Waals surface area contributed by atoms with Gasteiger partial charge in [0.2, 0.25) is 5.82 Å². The van der Waals surface area contributed by atoms with Crippen molar-refractivity contribution < 1.29 is 4.52 Å². The highest BCUT2D eigenvalue weighted by molar-refractivity contribution is 5.68. The van der Waals surface area contributed by atoms with Crippen molar-refractivity contribution in [3.8, 4) is 34.0 Å². The average Bonchev–Trinajstić information content (AvgIpc) is 3.20. The van der Waals surface area contributed by atoms with Gasteiger partial charge in [0.05, 0.1) is 0 Å². The predicted octanol–water partition coefficient (Wildman–Crippen LogP) is 6.33. The third kappa shape index (κ3) is 3.82. The molecule has 0 spiro atoms. The Morgan fingerprint density at radius 1 is 0.704 bits per heavy atom. The Hall–Kier alpha value is -3.20. The minimum atomic E-state index is 0.542. The van der Waals surface area contributed by atoms with Gasteiger partial charge in [-0.1, -0.05) is 84.7 Å². The summed E-state index contributed by atoms with van der Waals surface area (Å²) in [6, 6.07) is 25.2. The Kier molecular flexibility index (Phi) is 4.84. The molecule has 0 atom stereocenters. The van der Waals surface area contributed by atoms with Crippen LogP contribution in [0.25, 0.3) is 34.0 Å².